The molecule has 0 aliphatic heterocycles. The predicted octanol–water partition coefficient (Wildman–Crippen LogP) is 3.84. The third-order valence-corrected chi connectivity index (χ3v) is 3.11. The van der Waals surface area contributed by atoms with Gasteiger partial charge in [-0.1, -0.05) is 35.9 Å². The minimum Gasteiger partial charge on any atom is -0.298 e. The number of rotatable bonds is 4. The van der Waals surface area contributed by atoms with E-state index in [9.17, 15) is 0 Å². The number of nitrogens with zero attached hydrogens (tertiary/aromatic N) is 2. The van der Waals surface area contributed by atoms with Crippen molar-refractivity contribution in [3.63, 3.8) is 0 Å². The molecule has 0 saturated carbocycles. The molecule has 0 heterocycles. The summed E-state index contributed by atoms with van der Waals surface area (Å²) in [5.41, 5.74) is 3.09. The molecule has 0 N–H and O–H groups in total. The van der Waals surface area contributed by atoms with Crippen molar-refractivity contribution in [2.24, 2.45) is 0 Å². The number of benzene rings is 2. The zero-order chi connectivity index (χ0) is 13.7. The lowest BCUT2D eigenvalue weighted by atomic mass is 10.1. The van der Waals surface area contributed by atoms with E-state index in [0.717, 1.165) is 18.1 Å². The summed E-state index contributed by atoms with van der Waals surface area (Å²) >= 11 is 5.97. The zero-order valence-corrected chi connectivity index (χ0v) is 11.6. The molecule has 0 aliphatic carbocycles. The monoisotopic (exact) mass is 270 g/mol. The lowest BCUT2D eigenvalue weighted by Gasteiger charge is -2.17. The Morgan fingerprint density at radius 3 is 2.37 bits per heavy atom. The summed E-state index contributed by atoms with van der Waals surface area (Å²) in [4.78, 5) is 2.22. The molecule has 0 aliphatic rings. The van der Waals surface area contributed by atoms with Gasteiger partial charge < -0.3 is 0 Å². The van der Waals surface area contributed by atoms with E-state index in [1.54, 1.807) is 0 Å². The van der Waals surface area contributed by atoms with Gasteiger partial charge in [0.1, 0.15) is 0 Å². The lowest BCUT2D eigenvalue weighted by molar-refractivity contribution is 0.319. The third-order valence-electron chi connectivity index (χ3n) is 2.88. The van der Waals surface area contributed by atoms with E-state index in [1.807, 2.05) is 42.5 Å². The van der Waals surface area contributed by atoms with E-state index in [4.69, 9.17) is 16.9 Å². The maximum Gasteiger partial charge on any atom is 0.0991 e. The maximum atomic E-state index is 8.76. The van der Waals surface area contributed by atoms with Gasteiger partial charge in [0.25, 0.3) is 0 Å². The molecule has 0 aromatic heterocycles. The highest BCUT2D eigenvalue weighted by Gasteiger charge is 2.02. The smallest absolute Gasteiger partial charge is 0.0991 e. The highest BCUT2D eigenvalue weighted by atomic mass is 35.5. The lowest BCUT2D eigenvalue weighted by Crippen LogP contribution is -2.17. The van der Waals surface area contributed by atoms with E-state index in [2.05, 4.69) is 24.1 Å². The van der Waals surface area contributed by atoms with Crippen molar-refractivity contribution in [3.05, 3.63) is 70.2 Å². The van der Waals surface area contributed by atoms with Gasteiger partial charge in [-0.25, -0.2) is 0 Å². The Morgan fingerprint density at radius 1 is 1.05 bits per heavy atom. The molecule has 0 spiro atoms. The molecule has 0 unspecified atom stereocenters. The van der Waals surface area contributed by atoms with Crippen LogP contribution in [0.1, 0.15) is 16.7 Å². The van der Waals surface area contributed by atoms with Gasteiger partial charge in [-0.2, -0.15) is 5.26 Å². The molecule has 2 aromatic carbocycles. The van der Waals surface area contributed by atoms with Crippen molar-refractivity contribution in [2.45, 2.75) is 13.1 Å². The van der Waals surface area contributed by atoms with Gasteiger partial charge in [0.2, 0.25) is 0 Å². The van der Waals surface area contributed by atoms with E-state index in [1.165, 1.54) is 11.1 Å². The summed E-state index contributed by atoms with van der Waals surface area (Å²) in [5.74, 6) is 0. The average molecular weight is 271 g/mol. The second-order valence-corrected chi connectivity index (χ2v) is 5.05. The number of hydrogen-bond donors (Lipinski definition) is 0. The third kappa shape index (κ3) is 4.10. The molecule has 2 rings (SSSR count). The van der Waals surface area contributed by atoms with E-state index >= 15 is 0 Å². The Labute approximate surface area is 118 Å². The number of nitriles is 1. The van der Waals surface area contributed by atoms with Gasteiger partial charge in [0.15, 0.2) is 0 Å². The van der Waals surface area contributed by atoms with Crippen molar-refractivity contribution in [3.8, 4) is 6.07 Å². The van der Waals surface area contributed by atoms with Gasteiger partial charge in [-0.05, 0) is 42.4 Å². The summed E-state index contributed by atoms with van der Waals surface area (Å²) in [6, 6.07) is 17.7. The Balaban J connectivity index is 1.97. The summed E-state index contributed by atoms with van der Waals surface area (Å²) in [7, 11) is 2.07. The fourth-order valence-corrected chi connectivity index (χ4v) is 2.21. The minimum absolute atomic E-state index is 0.696. The fourth-order valence-electron chi connectivity index (χ4n) is 2.00. The van der Waals surface area contributed by atoms with Gasteiger partial charge in [-0.15, -0.1) is 0 Å². The second-order valence-electron chi connectivity index (χ2n) is 4.61. The number of halogens is 1. The van der Waals surface area contributed by atoms with Gasteiger partial charge in [0, 0.05) is 18.1 Å². The Morgan fingerprint density at radius 2 is 1.74 bits per heavy atom. The molecular weight excluding hydrogens is 256 g/mol. The van der Waals surface area contributed by atoms with Crippen molar-refractivity contribution >= 4 is 11.6 Å². The van der Waals surface area contributed by atoms with Crippen LogP contribution in [-0.2, 0) is 13.1 Å². The summed E-state index contributed by atoms with van der Waals surface area (Å²) in [6.45, 7) is 1.69. The first kappa shape index (κ1) is 13.6. The molecular formula is C16H15ClN2. The van der Waals surface area contributed by atoms with Crippen LogP contribution in [-0.4, -0.2) is 11.9 Å². The van der Waals surface area contributed by atoms with Gasteiger partial charge in [-0.3, -0.25) is 4.90 Å². The highest BCUT2D eigenvalue weighted by Crippen LogP contribution is 2.13. The first-order chi connectivity index (χ1) is 9.17. The largest absolute Gasteiger partial charge is 0.298 e. The van der Waals surface area contributed by atoms with Crippen LogP contribution in [0.3, 0.4) is 0 Å². The molecule has 0 radical (unpaired) electrons. The van der Waals surface area contributed by atoms with Crippen LogP contribution in [0.25, 0.3) is 0 Å². The van der Waals surface area contributed by atoms with Gasteiger partial charge in [0.05, 0.1) is 11.6 Å². The quantitative estimate of drug-likeness (QED) is 0.844. The standard InChI is InChI=1S/C16H15ClN2/c1-19(12-15-3-2-4-16(17)9-15)11-14-7-5-13(10-18)6-8-14/h2-9H,11-12H2,1H3. The predicted molar refractivity (Wildman–Crippen MR) is 77.8 cm³/mol. The van der Waals surface area contributed by atoms with Crippen molar-refractivity contribution in [1.29, 1.82) is 5.26 Å². The molecule has 0 atom stereocenters. The van der Waals surface area contributed by atoms with Crippen LogP contribution < -0.4 is 0 Å². The van der Waals surface area contributed by atoms with Crippen LogP contribution in [0.4, 0.5) is 0 Å². The maximum absolute atomic E-state index is 8.76. The topological polar surface area (TPSA) is 27.0 Å². The normalized spacial score (nSPS) is 10.4. The Hall–Kier alpha value is -1.82. The fraction of sp³-hybridized carbons (Fsp3) is 0.188. The first-order valence-electron chi connectivity index (χ1n) is 6.09. The zero-order valence-electron chi connectivity index (χ0n) is 10.8. The second kappa shape index (κ2) is 6.38. The minimum atomic E-state index is 0.696. The van der Waals surface area contributed by atoms with Crippen molar-refractivity contribution < 1.29 is 0 Å². The van der Waals surface area contributed by atoms with Gasteiger partial charge >= 0.3 is 0 Å². The summed E-state index contributed by atoms with van der Waals surface area (Å²) < 4.78 is 0. The molecule has 96 valence electrons. The van der Waals surface area contributed by atoms with E-state index in [-0.39, 0.29) is 0 Å². The van der Waals surface area contributed by atoms with Crippen LogP contribution in [0.15, 0.2) is 48.5 Å². The molecule has 0 saturated heterocycles. The Bertz CT molecular complexity index is 584. The first-order valence-corrected chi connectivity index (χ1v) is 6.47. The molecule has 0 amide bonds. The average Bonchev–Trinajstić information content (AvgIpc) is 2.39. The molecule has 0 bridgehead atoms. The van der Waals surface area contributed by atoms with Crippen molar-refractivity contribution in [1.82, 2.24) is 4.90 Å². The summed E-state index contributed by atoms with van der Waals surface area (Å²) in [6.07, 6.45) is 0. The van der Waals surface area contributed by atoms with E-state index in [0.29, 0.717) is 5.56 Å². The molecule has 19 heavy (non-hydrogen) atoms. The molecule has 2 aromatic rings. The van der Waals surface area contributed by atoms with Crippen LogP contribution in [0.5, 0.6) is 0 Å². The molecule has 2 nitrogen and oxygen atoms in total. The number of hydrogen-bond acceptors (Lipinski definition) is 2. The SMILES string of the molecule is CN(Cc1ccc(C#N)cc1)Cc1cccc(Cl)c1. The van der Waals surface area contributed by atoms with Crippen molar-refractivity contribution in [2.75, 3.05) is 7.05 Å². The Kier molecular flexibility index (Phi) is 4.57. The van der Waals surface area contributed by atoms with Crippen LogP contribution >= 0.6 is 11.6 Å². The van der Waals surface area contributed by atoms with Crippen LogP contribution in [0.2, 0.25) is 5.02 Å². The van der Waals surface area contributed by atoms with E-state index < -0.39 is 0 Å². The summed E-state index contributed by atoms with van der Waals surface area (Å²) in [5, 5.41) is 9.53. The highest BCUT2D eigenvalue weighted by molar-refractivity contribution is 6.30. The molecule has 3 heteroatoms. The molecule has 0 fully saturated rings. The van der Waals surface area contributed by atoms with Crippen LogP contribution in [0, 0.1) is 11.3 Å².